The number of piperidine rings is 1. The van der Waals surface area contributed by atoms with E-state index < -0.39 is 0 Å². The van der Waals surface area contributed by atoms with Crippen LogP contribution in [0.1, 0.15) is 19.8 Å². The molecular weight excluding hydrogens is 282 g/mol. The highest BCUT2D eigenvalue weighted by Crippen LogP contribution is 2.33. The van der Waals surface area contributed by atoms with Crippen molar-refractivity contribution in [2.75, 3.05) is 32.2 Å². The number of ether oxygens (including phenoxy) is 2. The van der Waals surface area contributed by atoms with Crippen molar-refractivity contribution in [3.8, 4) is 11.5 Å². The van der Waals surface area contributed by atoms with Crippen molar-refractivity contribution < 1.29 is 9.47 Å². The molecule has 6 nitrogen and oxygen atoms in total. The molecule has 0 spiro atoms. The monoisotopic (exact) mass is 303 g/mol. The number of hydrogen-bond donors (Lipinski definition) is 1. The van der Waals surface area contributed by atoms with Gasteiger partial charge in [0.25, 0.3) is 5.56 Å². The Bertz CT molecular complexity index is 741. The number of rotatable bonds is 3. The number of aromatic nitrogens is 2. The van der Waals surface area contributed by atoms with Crippen LogP contribution >= 0.6 is 0 Å². The van der Waals surface area contributed by atoms with Gasteiger partial charge in [0.1, 0.15) is 5.52 Å². The molecule has 0 saturated carbocycles. The minimum atomic E-state index is -0.154. The maximum atomic E-state index is 12.4. The van der Waals surface area contributed by atoms with Gasteiger partial charge in [-0.2, -0.15) is 0 Å². The van der Waals surface area contributed by atoms with Crippen LogP contribution in [0.4, 0.5) is 5.95 Å². The van der Waals surface area contributed by atoms with E-state index in [0.29, 0.717) is 34.3 Å². The zero-order chi connectivity index (χ0) is 15.7. The smallest absolute Gasteiger partial charge is 0.260 e. The zero-order valence-corrected chi connectivity index (χ0v) is 13.2. The van der Waals surface area contributed by atoms with Crippen LogP contribution in [-0.2, 0) is 0 Å². The Morgan fingerprint density at radius 3 is 2.82 bits per heavy atom. The Morgan fingerprint density at radius 2 is 2.14 bits per heavy atom. The average Bonchev–Trinajstić information content (AvgIpc) is 2.53. The lowest BCUT2D eigenvalue weighted by molar-refractivity contribution is 0.358. The highest BCUT2D eigenvalue weighted by Gasteiger charge is 2.20. The molecule has 1 atom stereocenters. The molecule has 0 aliphatic carbocycles. The van der Waals surface area contributed by atoms with Crippen LogP contribution in [-0.4, -0.2) is 37.3 Å². The Labute approximate surface area is 129 Å². The van der Waals surface area contributed by atoms with Crippen molar-refractivity contribution in [1.29, 1.82) is 0 Å². The van der Waals surface area contributed by atoms with Crippen LogP contribution in [0.5, 0.6) is 11.5 Å². The van der Waals surface area contributed by atoms with Crippen LogP contribution in [0.3, 0.4) is 0 Å². The minimum Gasteiger partial charge on any atom is -0.493 e. The molecule has 1 N–H and O–H groups in total. The van der Waals surface area contributed by atoms with E-state index in [4.69, 9.17) is 9.47 Å². The predicted octanol–water partition coefficient (Wildman–Crippen LogP) is 2.18. The lowest BCUT2D eigenvalue weighted by Crippen LogP contribution is -2.36. The summed E-state index contributed by atoms with van der Waals surface area (Å²) in [5.74, 6) is 2.28. The minimum absolute atomic E-state index is 0.154. The lowest BCUT2D eigenvalue weighted by Gasteiger charge is -2.31. The van der Waals surface area contributed by atoms with Crippen LogP contribution in [0.15, 0.2) is 16.9 Å². The Morgan fingerprint density at radius 1 is 1.32 bits per heavy atom. The number of methoxy groups -OCH3 is 2. The van der Waals surface area contributed by atoms with E-state index in [1.54, 1.807) is 26.4 Å². The molecule has 1 saturated heterocycles. The molecule has 3 rings (SSSR count). The number of H-pyrrole nitrogens is 1. The fraction of sp³-hybridized carbons (Fsp3) is 0.500. The van der Waals surface area contributed by atoms with Crippen molar-refractivity contribution in [1.82, 2.24) is 9.97 Å². The molecule has 6 heteroatoms. The molecule has 22 heavy (non-hydrogen) atoms. The second kappa shape index (κ2) is 5.87. The molecule has 1 unspecified atom stereocenters. The molecule has 1 aliphatic rings. The van der Waals surface area contributed by atoms with E-state index in [9.17, 15) is 4.79 Å². The number of aromatic amines is 1. The lowest BCUT2D eigenvalue weighted by atomic mass is 10.0. The van der Waals surface area contributed by atoms with Crippen molar-refractivity contribution in [3.63, 3.8) is 0 Å². The SMILES string of the molecule is COc1ccc2c(=O)[nH]c(N3CCCC(C)C3)nc2c1OC. The third-order valence-electron chi connectivity index (χ3n) is 4.16. The molecule has 1 aliphatic heterocycles. The summed E-state index contributed by atoms with van der Waals surface area (Å²) in [5.41, 5.74) is 0.387. The fourth-order valence-electron chi connectivity index (χ4n) is 3.04. The van der Waals surface area contributed by atoms with E-state index in [2.05, 4.69) is 21.8 Å². The molecular formula is C16H21N3O3. The largest absolute Gasteiger partial charge is 0.493 e. The van der Waals surface area contributed by atoms with Gasteiger partial charge in [-0.3, -0.25) is 9.78 Å². The number of nitrogens with zero attached hydrogens (tertiary/aromatic N) is 2. The first-order valence-corrected chi connectivity index (χ1v) is 7.54. The first kappa shape index (κ1) is 14.7. The summed E-state index contributed by atoms with van der Waals surface area (Å²) in [4.78, 5) is 22.0. The van der Waals surface area contributed by atoms with Crippen LogP contribution in [0.25, 0.3) is 10.9 Å². The van der Waals surface area contributed by atoms with Gasteiger partial charge in [-0.05, 0) is 30.9 Å². The van der Waals surface area contributed by atoms with Crippen molar-refractivity contribution in [2.24, 2.45) is 5.92 Å². The number of fused-ring (bicyclic) bond motifs is 1. The quantitative estimate of drug-likeness (QED) is 0.941. The molecule has 1 aromatic carbocycles. The van der Waals surface area contributed by atoms with Crippen molar-refractivity contribution in [2.45, 2.75) is 19.8 Å². The predicted molar refractivity (Wildman–Crippen MR) is 86.1 cm³/mol. The third-order valence-corrected chi connectivity index (χ3v) is 4.16. The summed E-state index contributed by atoms with van der Waals surface area (Å²) in [6.45, 7) is 4.03. The summed E-state index contributed by atoms with van der Waals surface area (Å²) < 4.78 is 10.7. The summed E-state index contributed by atoms with van der Waals surface area (Å²) in [5, 5.41) is 0.506. The van der Waals surface area contributed by atoms with Gasteiger partial charge in [-0.25, -0.2) is 4.98 Å². The second-order valence-electron chi connectivity index (χ2n) is 5.78. The number of benzene rings is 1. The van der Waals surface area contributed by atoms with E-state index in [-0.39, 0.29) is 5.56 Å². The fourth-order valence-corrected chi connectivity index (χ4v) is 3.04. The Hall–Kier alpha value is -2.24. The van der Waals surface area contributed by atoms with Gasteiger partial charge in [-0.1, -0.05) is 6.92 Å². The first-order valence-electron chi connectivity index (χ1n) is 7.54. The van der Waals surface area contributed by atoms with Gasteiger partial charge in [0, 0.05) is 13.1 Å². The number of hydrogen-bond acceptors (Lipinski definition) is 5. The van der Waals surface area contributed by atoms with Crippen LogP contribution in [0, 0.1) is 5.92 Å². The van der Waals surface area contributed by atoms with E-state index >= 15 is 0 Å². The molecule has 0 bridgehead atoms. The molecule has 1 fully saturated rings. The van der Waals surface area contributed by atoms with Crippen molar-refractivity contribution in [3.05, 3.63) is 22.5 Å². The summed E-state index contributed by atoms with van der Waals surface area (Å²) >= 11 is 0. The van der Waals surface area contributed by atoms with Gasteiger partial charge in [-0.15, -0.1) is 0 Å². The van der Waals surface area contributed by atoms with E-state index in [1.165, 1.54) is 6.42 Å². The molecule has 0 radical (unpaired) electrons. The average molecular weight is 303 g/mol. The summed E-state index contributed by atoms with van der Waals surface area (Å²) in [6, 6.07) is 3.44. The van der Waals surface area contributed by atoms with Crippen LogP contribution < -0.4 is 19.9 Å². The zero-order valence-electron chi connectivity index (χ0n) is 13.2. The van der Waals surface area contributed by atoms with Gasteiger partial charge >= 0.3 is 0 Å². The summed E-state index contributed by atoms with van der Waals surface area (Å²) in [6.07, 6.45) is 2.32. The molecule has 2 aromatic rings. The summed E-state index contributed by atoms with van der Waals surface area (Å²) in [7, 11) is 3.13. The topological polar surface area (TPSA) is 67.5 Å². The van der Waals surface area contributed by atoms with Crippen LogP contribution in [0.2, 0.25) is 0 Å². The molecule has 2 heterocycles. The molecule has 118 valence electrons. The Balaban J connectivity index is 2.15. The van der Waals surface area contributed by atoms with Gasteiger partial charge in [0.15, 0.2) is 11.5 Å². The number of nitrogens with one attached hydrogen (secondary N) is 1. The Kier molecular flexibility index (Phi) is 3.92. The highest BCUT2D eigenvalue weighted by molar-refractivity contribution is 5.87. The molecule has 0 amide bonds. The maximum absolute atomic E-state index is 12.4. The first-order chi connectivity index (χ1) is 10.6. The highest BCUT2D eigenvalue weighted by atomic mass is 16.5. The van der Waals surface area contributed by atoms with Gasteiger partial charge < -0.3 is 14.4 Å². The van der Waals surface area contributed by atoms with Crippen molar-refractivity contribution >= 4 is 16.9 Å². The van der Waals surface area contributed by atoms with E-state index in [1.807, 2.05) is 0 Å². The van der Waals surface area contributed by atoms with E-state index in [0.717, 1.165) is 19.5 Å². The maximum Gasteiger partial charge on any atom is 0.260 e. The standard InChI is InChI=1S/C16H21N3O3/c1-10-5-4-8-19(9-10)16-17-13-11(15(20)18-16)6-7-12(21-2)14(13)22-3/h6-7,10H,4-5,8-9H2,1-3H3,(H,17,18,20). The normalized spacial score (nSPS) is 18.5. The van der Waals surface area contributed by atoms with Gasteiger partial charge in [0.05, 0.1) is 19.6 Å². The second-order valence-corrected chi connectivity index (χ2v) is 5.78. The van der Waals surface area contributed by atoms with Gasteiger partial charge in [0.2, 0.25) is 5.95 Å². The number of anilines is 1. The molecule has 1 aromatic heterocycles. The third kappa shape index (κ3) is 2.49.